The predicted octanol–water partition coefficient (Wildman–Crippen LogP) is 5.00. The lowest BCUT2D eigenvalue weighted by atomic mass is 9.99. The highest BCUT2D eigenvalue weighted by atomic mass is 79.9. The van der Waals surface area contributed by atoms with Crippen LogP contribution in [0.4, 0.5) is 0 Å². The summed E-state index contributed by atoms with van der Waals surface area (Å²) in [6.07, 6.45) is 0.212. The van der Waals surface area contributed by atoms with Crippen LogP contribution in [0.25, 0.3) is 0 Å². The summed E-state index contributed by atoms with van der Waals surface area (Å²) in [5, 5.41) is 0. The lowest BCUT2D eigenvalue weighted by Crippen LogP contribution is -2.30. The van der Waals surface area contributed by atoms with Gasteiger partial charge in [0.15, 0.2) is 8.32 Å². The van der Waals surface area contributed by atoms with E-state index in [9.17, 15) is 0 Å². The molecule has 0 aromatic heterocycles. The third-order valence-corrected chi connectivity index (χ3v) is 3.72. The van der Waals surface area contributed by atoms with Crippen molar-refractivity contribution in [1.29, 1.82) is 0 Å². The van der Waals surface area contributed by atoms with Gasteiger partial charge < -0.3 is 4.43 Å². The topological polar surface area (TPSA) is 9.23 Å². The normalized spacial score (nSPS) is 14.2. The van der Waals surface area contributed by atoms with Gasteiger partial charge in [-0.3, -0.25) is 0 Å². The molecule has 0 saturated heterocycles. The maximum absolute atomic E-state index is 6.26. The Balaban J connectivity index is 2.94. The Hall–Kier alpha value is -0.123. The van der Waals surface area contributed by atoms with E-state index in [2.05, 4.69) is 73.7 Å². The SMILES string of the molecule is CC(C)[C@H](O[Si](C)(C)C)c1cccc(Br)c1. The lowest BCUT2D eigenvalue weighted by Gasteiger charge is -2.29. The first-order valence-electron chi connectivity index (χ1n) is 5.73. The zero-order valence-corrected chi connectivity index (χ0v) is 13.3. The summed E-state index contributed by atoms with van der Waals surface area (Å²) < 4.78 is 7.38. The molecule has 0 radical (unpaired) electrons. The molecule has 90 valence electrons. The predicted molar refractivity (Wildman–Crippen MR) is 76.2 cm³/mol. The molecule has 1 aromatic carbocycles. The van der Waals surface area contributed by atoms with Crippen LogP contribution in [0.2, 0.25) is 19.6 Å². The van der Waals surface area contributed by atoms with Gasteiger partial charge in [-0.25, -0.2) is 0 Å². The van der Waals surface area contributed by atoms with Crippen LogP contribution >= 0.6 is 15.9 Å². The third-order valence-electron chi connectivity index (χ3n) is 2.26. The Morgan fingerprint density at radius 3 is 2.25 bits per heavy atom. The highest BCUT2D eigenvalue weighted by Gasteiger charge is 2.24. The Morgan fingerprint density at radius 1 is 1.19 bits per heavy atom. The first kappa shape index (κ1) is 13.9. The van der Waals surface area contributed by atoms with Crippen molar-refractivity contribution < 1.29 is 4.43 Å². The van der Waals surface area contributed by atoms with Crippen LogP contribution in [0.5, 0.6) is 0 Å². The van der Waals surface area contributed by atoms with Crippen LogP contribution in [-0.4, -0.2) is 8.32 Å². The fourth-order valence-corrected chi connectivity index (χ4v) is 3.24. The van der Waals surface area contributed by atoms with Gasteiger partial charge >= 0.3 is 0 Å². The standard InChI is InChI=1S/C13H21BrOSi/c1-10(2)13(15-16(3,4)5)11-7-6-8-12(14)9-11/h6-10,13H,1-5H3/t13-/m0/s1. The molecule has 0 amide bonds. The van der Waals surface area contributed by atoms with Crippen molar-refractivity contribution in [3.05, 3.63) is 34.3 Å². The second-order valence-corrected chi connectivity index (χ2v) is 10.8. The molecule has 0 heterocycles. The molecule has 0 aliphatic rings. The molecule has 0 N–H and O–H groups in total. The van der Waals surface area contributed by atoms with E-state index in [0.717, 1.165) is 4.47 Å². The molecule has 1 aromatic rings. The van der Waals surface area contributed by atoms with E-state index in [1.54, 1.807) is 0 Å². The highest BCUT2D eigenvalue weighted by Crippen LogP contribution is 2.30. The summed E-state index contributed by atoms with van der Waals surface area (Å²) in [5.74, 6) is 0.501. The molecular weight excluding hydrogens is 280 g/mol. The Labute approximate surface area is 108 Å². The van der Waals surface area contributed by atoms with Crippen LogP contribution in [-0.2, 0) is 4.43 Å². The van der Waals surface area contributed by atoms with Gasteiger partial charge in [-0.05, 0) is 43.3 Å². The molecule has 0 aliphatic carbocycles. The number of benzene rings is 1. The van der Waals surface area contributed by atoms with Gasteiger partial charge in [0.2, 0.25) is 0 Å². The molecule has 0 saturated carbocycles. The summed E-state index contributed by atoms with van der Waals surface area (Å²) in [7, 11) is -1.50. The Morgan fingerprint density at radius 2 is 1.81 bits per heavy atom. The van der Waals surface area contributed by atoms with Crippen LogP contribution in [0.3, 0.4) is 0 Å². The van der Waals surface area contributed by atoms with E-state index in [-0.39, 0.29) is 6.10 Å². The van der Waals surface area contributed by atoms with Crippen LogP contribution < -0.4 is 0 Å². The smallest absolute Gasteiger partial charge is 0.184 e. The van der Waals surface area contributed by atoms with Crippen molar-refractivity contribution in [3.63, 3.8) is 0 Å². The minimum atomic E-state index is -1.50. The summed E-state index contributed by atoms with van der Waals surface area (Å²) in [6, 6.07) is 8.43. The van der Waals surface area contributed by atoms with Gasteiger partial charge in [-0.2, -0.15) is 0 Å². The van der Waals surface area contributed by atoms with Crippen molar-refractivity contribution in [2.24, 2.45) is 5.92 Å². The molecule has 1 rings (SSSR count). The van der Waals surface area contributed by atoms with E-state index < -0.39 is 8.32 Å². The minimum absolute atomic E-state index is 0.212. The Bertz CT molecular complexity index is 344. The zero-order valence-electron chi connectivity index (χ0n) is 10.8. The van der Waals surface area contributed by atoms with E-state index in [1.165, 1.54) is 5.56 Å². The van der Waals surface area contributed by atoms with E-state index >= 15 is 0 Å². The van der Waals surface area contributed by atoms with Gasteiger partial charge in [0.05, 0.1) is 6.10 Å². The fraction of sp³-hybridized carbons (Fsp3) is 0.538. The van der Waals surface area contributed by atoms with E-state index in [4.69, 9.17) is 4.43 Å². The fourth-order valence-electron chi connectivity index (χ4n) is 1.65. The molecule has 0 fully saturated rings. The lowest BCUT2D eigenvalue weighted by molar-refractivity contribution is 0.146. The molecule has 0 unspecified atom stereocenters. The van der Waals surface area contributed by atoms with Crippen LogP contribution in [0, 0.1) is 5.92 Å². The number of hydrogen-bond donors (Lipinski definition) is 0. The zero-order chi connectivity index (χ0) is 12.3. The summed E-state index contributed by atoms with van der Waals surface area (Å²) >= 11 is 3.51. The maximum atomic E-state index is 6.26. The molecular formula is C13H21BrOSi. The molecule has 1 atom stereocenters. The van der Waals surface area contributed by atoms with Crippen LogP contribution in [0.1, 0.15) is 25.5 Å². The summed E-state index contributed by atoms with van der Waals surface area (Å²) in [4.78, 5) is 0. The van der Waals surface area contributed by atoms with Gasteiger partial charge in [-0.1, -0.05) is 41.9 Å². The molecule has 0 aliphatic heterocycles. The van der Waals surface area contributed by atoms with Crippen molar-refractivity contribution in [2.75, 3.05) is 0 Å². The maximum Gasteiger partial charge on any atom is 0.184 e. The van der Waals surface area contributed by atoms with E-state index in [1.807, 2.05) is 0 Å². The quantitative estimate of drug-likeness (QED) is 0.711. The Kier molecular flexibility index (Phi) is 4.77. The minimum Gasteiger partial charge on any atom is -0.410 e. The molecule has 16 heavy (non-hydrogen) atoms. The van der Waals surface area contributed by atoms with Crippen LogP contribution in [0.15, 0.2) is 28.7 Å². The second kappa shape index (κ2) is 5.47. The molecule has 0 spiro atoms. The summed E-state index contributed by atoms with van der Waals surface area (Å²) in [5.41, 5.74) is 1.27. The van der Waals surface area contributed by atoms with Crippen molar-refractivity contribution in [3.8, 4) is 0 Å². The van der Waals surface area contributed by atoms with E-state index in [0.29, 0.717) is 5.92 Å². The molecule has 0 bridgehead atoms. The largest absolute Gasteiger partial charge is 0.410 e. The first-order valence-corrected chi connectivity index (χ1v) is 9.93. The van der Waals surface area contributed by atoms with Gasteiger partial charge in [0, 0.05) is 4.47 Å². The highest BCUT2D eigenvalue weighted by molar-refractivity contribution is 9.10. The number of rotatable bonds is 4. The van der Waals surface area contributed by atoms with Crippen molar-refractivity contribution >= 4 is 24.2 Å². The second-order valence-electron chi connectivity index (χ2n) is 5.45. The number of halogens is 1. The molecule has 1 nitrogen and oxygen atoms in total. The van der Waals surface area contributed by atoms with Gasteiger partial charge in [0.25, 0.3) is 0 Å². The van der Waals surface area contributed by atoms with Crippen molar-refractivity contribution in [2.45, 2.75) is 39.6 Å². The first-order chi connectivity index (χ1) is 7.29. The number of hydrogen-bond acceptors (Lipinski definition) is 1. The summed E-state index contributed by atoms with van der Waals surface area (Å²) in [6.45, 7) is 11.1. The monoisotopic (exact) mass is 300 g/mol. The van der Waals surface area contributed by atoms with Gasteiger partial charge in [-0.15, -0.1) is 0 Å². The van der Waals surface area contributed by atoms with Crippen molar-refractivity contribution in [1.82, 2.24) is 0 Å². The third kappa shape index (κ3) is 4.40. The van der Waals surface area contributed by atoms with Gasteiger partial charge in [0.1, 0.15) is 0 Å². The average molecular weight is 301 g/mol. The molecule has 3 heteroatoms. The average Bonchev–Trinajstić information content (AvgIpc) is 2.12.